The van der Waals surface area contributed by atoms with Crippen LogP contribution in [0.25, 0.3) is 0 Å². The number of fused-ring (bicyclic) bond motifs is 5. The number of nitrogens with one attached hydrogen (secondary N) is 1. The van der Waals surface area contributed by atoms with Gasteiger partial charge in [-0.3, -0.25) is 4.79 Å². The maximum Gasteiger partial charge on any atom is 0.234 e. The van der Waals surface area contributed by atoms with Gasteiger partial charge in [-0.1, -0.05) is 44.7 Å². The van der Waals surface area contributed by atoms with Gasteiger partial charge >= 0.3 is 0 Å². The van der Waals surface area contributed by atoms with Gasteiger partial charge in [0.15, 0.2) is 0 Å². The average molecular weight is 383 g/mol. The molecule has 2 atom stereocenters. The zero-order valence-corrected chi connectivity index (χ0v) is 17.4. The van der Waals surface area contributed by atoms with Crippen LogP contribution in [0.1, 0.15) is 62.0 Å². The lowest BCUT2D eigenvalue weighted by Crippen LogP contribution is -2.32. The van der Waals surface area contributed by atoms with E-state index in [-0.39, 0.29) is 22.5 Å². The van der Waals surface area contributed by atoms with Gasteiger partial charge < -0.3 is 5.32 Å². The molecule has 2 aliphatic rings. The fourth-order valence-corrected chi connectivity index (χ4v) is 5.21. The molecule has 1 amide bonds. The standard InChI is InChI=1S/C21H26N4OS/c1-12-7-6-8-15(13(12)2)22-16(26)11-27-19-23-18-17(24-25-19)14-9-10-21(18,5)20(14,3)4/h6-8,14H,9-11H2,1-5H3,(H,22,26)/t14-,21-/m1/s1. The first-order chi connectivity index (χ1) is 12.7. The van der Waals surface area contributed by atoms with E-state index in [0.29, 0.717) is 11.1 Å². The Morgan fingerprint density at radius 2 is 2.04 bits per heavy atom. The van der Waals surface area contributed by atoms with E-state index in [1.807, 2.05) is 32.0 Å². The molecule has 1 fully saturated rings. The van der Waals surface area contributed by atoms with Crippen molar-refractivity contribution in [1.29, 1.82) is 0 Å². The Kier molecular flexibility index (Phi) is 4.29. The van der Waals surface area contributed by atoms with Crippen LogP contribution in [-0.2, 0) is 10.2 Å². The first-order valence-corrected chi connectivity index (χ1v) is 10.5. The van der Waals surface area contributed by atoms with Crippen molar-refractivity contribution in [2.75, 3.05) is 11.1 Å². The van der Waals surface area contributed by atoms with E-state index in [1.54, 1.807) is 0 Å². The minimum atomic E-state index is -0.0501. The quantitative estimate of drug-likeness (QED) is 0.794. The molecule has 1 aromatic carbocycles. The lowest BCUT2D eigenvalue weighted by molar-refractivity contribution is -0.113. The second-order valence-corrected chi connectivity index (χ2v) is 9.50. The molecule has 2 aromatic rings. The zero-order valence-electron chi connectivity index (χ0n) is 16.6. The maximum atomic E-state index is 12.4. The summed E-state index contributed by atoms with van der Waals surface area (Å²) in [7, 11) is 0. The monoisotopic (exact) mass is 382 g/mol. The molecule has 1 N–H and O–H groups in total. The van der Waals surface area contributed by atoms with Crippen LogP contribution in [0.4, 0.5) is 5.69 Å². The highest BCUT2D eigenvalue weighted by Gasteiger charge is 2.61. The Morgan fingerprint density at radius 3 is 2.81 bits per heavy atom. The summed E-state index contributed by atoms with van der Waals surface area (Å²) in [6.45, 7) is 11.0. The smallest absolute Gasteiger partial charge is 0.234 e. The Morgan fingerprint density at radius 1 is 1.26 bits per heavy atom. The van der Waals surface area contributed by atoms with Gasteiger partial charge in [0.1, 0.15) is 0 Å². The van der Waals surface area contributed by atoms with E-state index in [0.717, 1.165) is 41.0 Å². The fraction of sp³-hybridized carbons (Fsp3) is 0.524. The van der Waals surface area contributed by atoms with Crippen molar-refractivity contribution in [3.8, 4) is 0 Å². The summed E-state index contributed by atoms with van der Waals surface area (Å²) in [5.74, 6) is 0.673. The largest absolute Gasteiger partial charge is 0.325 e. The van der Waals surface area contributed by atoms with Gasteiger partial charge in [-0.2, -0.15) is 5.10 Å². The van der Waals surface area contributed by atoms with Gasteiger partial charge in [-0.05, 0) is 49.3 Å². The molecule has 0 radical (unpaired) electrons. The molecule has 142 valence electrons. The topological polar surface area (TPSA) is 67.8 Å². The van der Waals surface area contributed by atoms with Crippen molar-refractivity contribution in [2.24, 2.45) is 5.41 Å². The molecule has 1 aromatic heterocycles. The van der Waals surface area contributed by atoms with Crippen LogP contribution in [0.2, 0.25) is 0 Å². The van der Waals surface area contributed by atoms with Gasteiger partial charge in [-0.25, -0.2) is 4.98 Å². The lowest BCUT2D eigenvalue weighted by Gasteiger charge is -2.33. The van der Waals surface area contributed by atoms with Crippen molar-refractivity contribution < 1.29 is 4.79 Å². The van der Waals surface area contributed by atoms with E-state index < -0.39 is 0 Å². The van der Waals surface area contributed by atoms with Crippen molar-refractivity contribution in [3.63, 3.8) is 0 Å². The third-order valence-electron chi connectivity index (χ3n) is 6.98. The van der Waals surface area contributed by atoms with Crippen LogP contribution in [-0.4, -0.2) is 26.8 Å². The van der Waals surface area contributed by atoms with E-state index in [9.17, 15) is 4.79 Å². The summed E-state index contributed by atoms with van der Waals surface area (Å²) in [6, 6.07) is 5.92. The number of carbonyl (C=O) groups excluding carboxylic acids is 1. The molecule has 4 rings (SSSR count). The van der Waals surface area contributed by atoms with Crippen molar-refractivity contribution in [2.45, 2.75) is 63.9 Å². The van der Waals surface area contributed by atoms with E-state index >= 15 is 0 Å². The third kappa shape index (κ3) is 2.76. The van der Waals surface area contributed by atoms with Crippen molar-refractivity contribution in [3.05, 3.63) is 40.7 Å². The van der Waals surface area contributed by atoms with E-state index in [1.165, 1.54) is 11.8 Å². The average Bonchev–Trinajstić information content (AvgIpc) is 2.96. The van der Waals surface area contributed by atoms with Crippen LogP contribution >= 0.6 is 11.8 Å². The lowest BCUT2D eigenvalue weighted by atomic mass is 9.70. The molecule has 0 saturated heterocycles. The predicted molar refractivity (Wildman–Crippen MR) is 108 cm³/mol. The van der Waals surface area contributed by atoms with Gasteiger partial charge in [0.2, 0.25) is 11.1 Å². The molecular formula is C21H26N4OS. The summed E-state index contributed by atoms with van der Waals surface area (Å²) in [5.41, 5.74) is 5.50. The number of aromatic nitrogens is 3. The van der Waals surface area contributed by atoms with Crippen LogP contribution < -0.4 is 5.32 Å². The molecule has 27 heavy (non-hydrogen) atoms. The maximum absolute atomic E-state index is 12.4. The highest BCUT2D eigenvalue weighted by molar-refractivity contribution is 7.99. The number of rotatable bonds is 4. The summed E-state index contributed by atoms with van der Waals surface area (Å²) in [4.78, 5) is 17.2. The number of aryl methyl sites for hydroxylation is 1. The highest BCUT2D eigenvalue weighted by Crippen LogP contribution is 2.66. The normalized spacial score (nSPS) is 24.7. The first kappa shape index (κ1) is 18.4. The van der Waals surface area contributed by atoms with E-state index in [4.69, 9.17) is 4.98 Å². The molecule has 0 aliphatic heterocycles. The Balaban J connectivity index is 1.46. The molecule has 5 nitrogen and oxygen atoms in total. The molecule has 2 bridgehead atoms. The molecule has 1 heterocycles. The van der Waals surface area contributed by atoms with Crippen LogP contribution in [0.3, 0.4) is 0 Å². The van der Waals surface area contributed by atoms with Crippen LogP contribution in [0.5, 0.6) is 0 Å². The van der Waals surface area contributed by atoms with Crippen molar-refractivity contribution >= 4 is 23.4 Å². The summed E-state index contributed by atoms with van der Waals surface area (Å²) in [6.07, 6.45) is 2.31. The number of benzene rings is 1. The van der Waals surface area contributed by atoms with Gasteiger partial charge in [-0.15, -0.1) is 5.10 Å². The minimum Gasteiger partial charge on any atom is -0.325 e. The number of amides is 1. The molecule has 0 spiro atoms. The molecule has 0 unspecified atom stereocenters. The summed E-state index contributed by atoms with van der Waals surface area (Å²) < 4.78 is 0. The molecule has 2 aliphatic carbocycles. The second-order valence-electron chi connectivity index (χ2n) is 8.56. The highest BCUT2D eigenvalue weighted by atomic mass is 32.2. The zero-order chi connectivity index (χ0) is 19.4. The number of hydrogen-bond acceptors (Lipinski definition) is 5. The molecule has 6 heteroatoms. The van der Waals surface area contributed by atoms with Crippen LogP contribution in [0, 0.1) is 19.3 Å². The van der Waals surface area contributed by atoms with E-state index in [2.05, 4.69) is 36.3 Å². The summed E-state index contributed by atoms with van der Waals surface area (Å²) in [5, 5.41) is 12.4. The number of hydrogen-bond donors (Lipinski definition) is 1. The Hall–Kier alpha value is -1.95. The Labute approximate surface area is 164 Å². The van der Waals surface area contributed by atoms with Gasteiger partial charge in [0.05, 0.1) is 17.1 Å². The second kappa shape index (κ2) is 6.30. The number of carbonyl (C=O) groups is 1. The number of thioether (sulfide) groups is 1. The molecule has 1 saturated carbocycles. The number of nitrogens with zero attached hydrogens (tertiary/aromatic N) is 3. The fourth-order valence-electron chi connectivity index (χ4n) is 4.63. The third-order valence-corrected chi connectivity index (χ3v) is 7.82. The van der Waals surface area contributed by atoms with Gasteiger partial charge in [0.25, 0.3) is 0 Å². The number of anilines is 1. The first-order valence-electron chi connectivity index (χ1n) is 9.48. The van der Waals surface area contributed by atoms with Crippen molar-refractivity contribution in [1.82, 2.24) is 15.2 Å². The summed E-state index contributed by atoms with van der Waals surface area (Å²) >= 11 is 1.35. The minimum absolute atomic E-state index is 0.0501. The predicted octanol–water partition coefficient (Wildman–Crippen LogP) is 4.39. The molecular weight excluding hydrogens is 356 g/mol. The van der Waals surface area contributed by atoms with Gasteiger partial charge in [0, 0.05) is 17.0 Å². The van der Waals surface area contributed by atoms with Crippen LogP contribution in [0.15, 0.2) is 23.4 Å². The SMILES string of the molecule is Cc1cccc(NC(=O)CSc2nnc3c(n2)[C@@]2(C)CC[C@H]3C2(C)C)c1C. The Bertz CT molecular complexity index is 926.